The Bertz CT molecular complexity index is 756. The molecule has 3 rings (SSSR count). The largest absolute Gasteiger partial charge is 0.455 e. The zero-order valence-electron chi connectivity index (χ0n) is 15.2. The van der Waals surface area contributed by atoms with Crippen LogP contribution in [-0.4, -0.2) is 23.4 Å². The summed E-state index contributed by atoms with van der Waals surface area (Å²) in [5.41, 5.74) is 1.99. The molecule has 0 saturated heterocycles. The lowest BCUT2D eigenvalue weighted by molar-refractivity contribution is -0.116. The standard InChI is InChI=1S/C19H24N2O3S2/c1-3-21(13(2)22)19-20-15(12-25-19)11-24-18(23)17-10-14-8-6-4-5-7-9-16(14)26-17/h10,12H,3-9,11H2,1-2H3. The smallest absolute Gasteiger partial charge is 0.348 e. The van der Waals surface area contributed by atoms with Crippen molar-refractivity contribution < 1.29 is 14.3 Å². The Morgan fingerprint density at radius 3 is 2.73 bits per heavy atom. The van der Waals surface area contributed by atoms with Crippen LogP contribution < -0.4 is 4.90 Å². The molecule has 0 aromatic carbocycles. The molecule has 0 unspecified atom stereocenters. The van der Waals surface area contributed by atoms with Crippen LogP contribution in [0.5, 0.6) is 0 Å². The molecule has 5 nitrogen and oxygen atoms in total. The lowest BCUT2D eigenvalue weighted by Crippen LogP contribution is -2.27. The van der Waals surface area contributed by atoms with Gasteiger partial charge in [0.1, 0.15) is 11.5 Å². The third-order valence-corrected chi connectivity index (χ3v) is 6.65. The van der Waals surface area contributed by atoms with Crippen molar-refractivity contribution in [3.8, 4) is 0 Å². The van der Waals surface area contributed by atoms with Gasteiger partial charge in [0.05, 0.1) is 5.69 Å². The molecular weight excluding hydrogens is 368 g/mol. The van der Waals surface area contributed by atoms with E-state index in [1.54, 1.807) is 16.2 Å². The van der Waals surface area contributed by atoms with Gasteiger partial charge in [0, 0.05) is 23.7 Å². The number of amides is 1. The van der Waals surface area contributed by atoms with Gasteiger partial charge in [-0.2, -0.15) is 0 Å². The van der Waals surface area contributed by atoms with Gasteiger partial charge in [0.15, 0.2) is 5.13 Å². The molecule has 2 heterocycles. The van der Waals surface area contributed by atoms with Crippen LogP contribution >= 0.6 is 22.7 Å². The number of fused-ring (bicyclic) bond motifs is 1. The Kier molecular flexibility index (Phi) is 6.43. The second-order valence-corrected chi connectivity index (χ2v) is 8.41. The average Bonchev–Trinajstić information content (AvgIpc) is 3.20. The van der Waals surface area contributed by atoms with Crippen molar-refractivity contribution >= 4 is 39.7 Å². The van der Waals surface area contributed by atoms with E-state index in [2.05, 4.69) is 4.98 Å². The number of nitrogens with zero attached hydrogens (tertiary/aromatic N) is 2. The van der Waals surface area contributed by atoms with Crippen molar-refractivity contribution in [2.24, 2.45) is 0 Å². The summed E-state index contributed by atoms with van der Waals surface area (Å²) < 4.78 is 5.45. The van der Waals surface area contributed by atoms with E-state index in [9.17, 15) is 9.59 Å². The van der Waals surface area contributed by atoms with Gasteiger partial charge in [-0.15, -0.1) is 22.7 Å². The molecule has 1 aliphatic rings. The number of ether oxygens (including phenoxy) is 1. The van der Waals surface area contributed by atoms with Crippen LogP contribution in [0, 0.1) is 0 Å². The van der Waals surface area contributed by atoms with E-state index >= 15 is 0 Å². The predicted molar refractivity (Wildman–Crippen MR) is 105 cm³/mol. The van der Waals surface area contributed by atoms with Crippen molar-refractivity contribution in [3.05, 3.63) is 32.5 Å². The van der Waals surface area contributed by atoms with E-state index in [-0.39, 0.29) is 18.5 Å². The van der Waals surface area contributed by atoms with Gasteiger partial charge in [0.25, 0.3) is 0 Å². The van der Waals surface area contributed by atoms with E-state index in [0.717, 1.165) is 12.8 Å². The molecular formula is C19H24N2O3S2. The molecule has 0 fully saturated rings. The number of esters is 1. The summed E-state index contributed by atoms with van der Waals surface area (Å²) in [7, 11) is 0. The zero-order valence-corrected chi connectivity index (χ0v) is 16.9. The topological polar surface area (TPSA) is 59.5 Å². The molecule has 0 aliphatic heterocycles. The highest BCUT2D eigenvalue weighted by Gasteiger charge is 2.18. The second kappa shape index (κ2) is 8.77. The van der Waals surface area contributed by atoms with Crippen molar-refractivity contribution in [1.82, 2.24) is 4.98 Å². The first-order valence-corrected chi connectivity index (χ1v) is 10.8. The SMILES string of the molecule is CCN(C(C)=O)c1nc(COC(=O)c2cc3c(s2)CCCCCC3)cs1. The molecule has 1 amide bonds. The zero-order chi connectivity index (χ0) is 18.5. The number of carbonyl (C=O) groups is 2. The van der Waals surface area contributed by atoms with Crippen molar-refractivity contribution in [2.45, 2.75) is 59.0 Å². The molecule has 1 aliphatic carbocycles. The predicted octanol–water partition coefficient (Wildman–Crippen LogP) is 4.59. The highest BCUT2D eigenvalue weighted by Crippen LogP contribution is 2.29. The fourth-order valence-electron chi connectivity index (χ4n) is 3.13. The van der Waals surface area contributed by atoms with Crippen molar-refractivity contribution in [3.63, 3.8) is 0 Å². The number of hydrogen-bond donors (Lipinski definition) is 0. The number of carbonyl (C=O) groups excluding carboxylic acids is 2. The Labute approximate surface area is 162 Å². The number of anilines is 1. The summed E-state index contributed by atoms with van der Waals surface area (Å²) in [6, 6.07) is 2.01. The molecule has 140 valence electrons. The quantitative estimate of drug-likeness (QED) is 0.698. The number of aryl methyl sites for hydroxylation is 2. The maximum Gasteiger partial charge on any atom is 0.348 e. The molecule has 0 N–H and O–H groups in total. The Hall–Kier alpha value is -1.73. The summed E-state index contributed by atoms with van der Waals surface area (Å²) in [4.78, 5) is 32.0. The number of rotatable bonds is 5. The van der Waals surface area contributed by atoms with Gasteiger partial charge in [-0.1, -0.05) is 12.8 Å². The first-order valence-electron chi connectivity index (χ1n) is 9.09. The summed E-state index contributed by atoms with van der Waals surface area (Å²) in [6.45, 7) is 4.13. The van der Waals surface area contributed by atoms with E-state index in [1.165, 1.54) is 54.4 Å². The van der Waals surface area contributed by atoms with Crippen LogP contribution in [0.3, 0.4) is 0 Å². The highest BCUT2D eigenvalue weighted by molar-refractivity contribution is 7.14. The fourth-order valence-corrected chi connectivity index (χ4v) is 5.20. The summed E-state index contributed by atoms with van der Waals surface area (Å²) in [6.07, 6.45) is 7.08. The maximum atomic E-state index is 12.4. The first kappa shape index (κ1) is 19.0. The fraction of sp³-hybridized carbons (Fsp3) is 0.526. The van der Waals surface area contributed by atoms with Crippen LogP contribution in [-0.2, 0) is 29.0 Å². The van der Waals surface area contributed by atoms with Crippen LogP contribution in [0.1, 0.15) is 65.3 Å². The minimum absolute atomic E-state index is 0.0404. The third-order valence-electron chi connectivity index (χ3n) is 4.52. The molecule has 0 atom stereocenters. The molecule has 2 aromatic heterocycles. The van der Waals surface area contributed by atoms with Crippen LogP contribution in [0.2, 0.25) is 0 Å². The Balaban J connectivity index is 1.61. The lowest BCUT2D eigenvalue weighted by Gasteiger charge is -2.14. The molecule has 2 aromatic rings. The van der Waals surface area contributed by atoms with Gasteiger partial charge in [-0.25, -0.2) is 9.78 Å². The van der Waals surface area contributed by atoms with Gasteiger partial charge >= 0.3 is 5.97 Å². The number of thiophene rings is 1. The van der Waals surface area contributed by atoms with E-state index in [4.69, 9.17) is 4.74 Å². The maximum absolute atomic E-state index is 12.4. The molecule has 0 radical (unpaired) electrons. The van der Waals surface area contributed by atoms with E-state index < -0.39 is 0 Å². The van der Waals surface area contributed by atoms with Crippen molar-refractivity contribution in [2.75, 3.05) is 11.4 Å². The Morgan fingerprint density at radius 2 is 2.00 bits per heavy atom. The van der Waals surface area contributed by atoms with Gasteiger partial charge in [0.2, 0.25) is 5.91 Å². The van der Waals surface area contributed by atoms with Gasteiger partial charge in [-0.05, 0) is 44.2 Å². The second-order valence-electron chi connectivity index (χ2n) is 6.43. The van der Waals surface area contributed by atoms with Gasteiger partial charge in [-0.3, -0.25) is 9.69 Å². The molecule has 0 saturated carbocycles. The monoisotopic (exact) mass is 392 g/mol. The third kappa shape index (κ3) is 4.51. The molecule has 26 heavy (non-hydrogen) atoms. The normalized spacial score (nSPS) is 14.2. The summed E-state index contributed by atoms with van der Waals surface area (Å²) in [5, 5.41) is 2.48. The van der Waals surface area contributed by atoms with Crippen LogP contribution in [0.15, 0.2) is 11.4 Å². The molecule has 7 heteroatoms. The number of hydrogen-bond acceptors (Lipinski definition) is 6. The van der Waals surface area contributed by atoms with E-state index in [1.807, 2.05) is 18.4 Å². The van der Waals surface area contributed by atoms with E-state index in [0.29, 0.717) is 22.2 Å². The average molecular weight is 393 g/mol. The van der Waals surface area contributed by atoms with Crippen molar-refractivity contribution in [1.29, 1.82) is 0 Å². The molecule has 0 spiro atoms. The molecule has 0 bridgehead atoms. The Morgan fingerprint density at radius 1 is 1.23 bits per heavy atom. The first-order chi connectivity index (χ1) is 12.6. The van der Waals surface area contributed by atoms with Crippen LogP contribution in [0.4, 0.5) is 5.13 Å². The van der Waals surface area contributed by atoms with Gasteiger partial charge < -0.3 is 4.74 Å². The minimum Gasteiger partial charge on any atom is -0.455 e. The minimum atomic E-state index is -0.282. The number of aromatic nitrogens is 1. The number of thiazole rings is 1. The summed E-state index contributed by atoms with van der Waals surface area (Å²) >= 11 is 2.96. The van der Waals surface area contributed by atoms with Crippen LogP contribution in [0.25, 0.3) is 0 Å². The summed E-state index contributed by atoms with van der Waals surface area (Å²) in [5.74, 6) is -0.323. The lowest BCUT2D eigenvalue weighted by atomic mass is 10.00. The highest BCUT2D eigenvalue weighted by atomic mass is 32.1.